The Balaban J connectivity index is 2.00. The molecule has 4 aromatic rings. The summed E-state index contributed by atoms with van der Waals surface area (Å²) < 4.78 is 11.0. The van der Waals surface area contributed by atoms with Gasteiger partial charge in [0.05, 0.1) is 0 Å². The summed E-state index contributed by atoms with van der Waals surface area (Å²) in [5, 5.41) is 4.04. The van der Waals surface area contributed by atoms with E-state index in [0.717, 1.165) is 32.7 Å². The molecule has 0 spiro atoms. The van der Waals surface area contributed by atoms with Gasteiger partial charge < -0.3 is 0 Å². The summed E-state index contributed by atoms with van der Waals surface area (Å²) in [5.41, 5.74) is 1.63. The average Bonchev–Trinajstić information content (AvgIpc) is 2.73. The largest absolute Gasteiger partial charge is 0.663 e. The zero-order valence-electron chi connectivity index (χ0n) is 13.1. The van der Waals surface area contributed by atoms with Crippen molar-refractivity contribution in [3.05, 3.63) is 72.8 Å². The van der Waals surface area contributed by atoms with Crippen LogP contribution in [0.2, 0.25) is 0 Å². The lowest BCUT2D eigenvalue weighted by Gasteiger charge is -2.11. The Morgan fingerprint density at radius 2 is 1.00 bits per heavy atom. The molecule has 4 nitrogen and oxygen atoms in total. The van der Waals surface area contributed by atoms with Crippen molar-refractivity contribution in [2.45, 2.75) is 0 Å². The molecule has 0 aromatic heterocycles. The highest BCUT2D eigenvalue weighted by Gasteiger charge is 2.47. The highest BCUT2D eigenvalue weighted by atomic mass is 31.2. The lowest BCUT2D eigenvalue weighted by molar-refractivity contribution is 0.250. The highest BCUT2D eigenvalue weighted by molar-refractivity contribution is 7.55. The maximum absolute atomic E-state index is 10.2. The van der Waals surface area contributed by atoms with Crippen LogP contribution in [0.1, 0.15) is 0 Å². The monoisotopic (exact) mass is 349 g/mol. The molecular formula is C20H14O4P+. The van der Waals surface area contributed by atoms with Gasteiger partial charge in [-0.15, -0.1) is 0 Å². The molecule has 0 aliphatic carbocycles. The Morgan fingerprint density at radius 3 is 1.48 bits per heavy atom. The van der Waals surface area contributed by atoms with Gasteiger partial charge in [0.15, 0.2) is 11.5 Å². The van der Waals surface area contributed by atoms with Gasteiger partial charge >= 0.3 is 8.17 Å². The van der Waals surface area contributed by atoms with Crippen molar-refractivity contribution in [2.75, 3.05) is 0 Å². The molecule has 0 unspecified atom stereocenters. The van der Waals surface area contributed by atoms with Crippen LogP contribution in [0.25, 0.3) is 32.7 Å². The van der Waals surface area contributed by atoms with E-state index in [-0.39, 0.29) is 0 Å². The molecule has 122 valence electrons. The van der Waals surface area contributed by atoms with E-state index in [9.17, 15) is 9.79 Å². The van der Waals surface area contributed by atoms with E-state index in [1.165, 1.54) is 0 Å². The molecule has 0 saturated heterocycles. The van der Waals surface area contributed by atoms with Crippen molar-refractivity contribution in [2.24, 2.45) is 0 Å². The summed E-state index contributed by atoms with van der Waals surface area (Å²) in [7, 11) is -4.00. The van der Waals surface area contributed by atoms with Crippen LogP contribution < -0.4 is 9.05 Å². The van der Waals surface area contributed by atoms with E-state index in [4.69, 9.17) is 9.05 Å². The molecule has 0 fully saturated rings. The van der Waals surface area contributed by atoms with Crippen LogP contribution in [0.3, 0.4) is 0 Å². The molecule has 1 aliphatic heterocycles. The van der Waals surface area contributed by atoms with Crippen LogP contribution >= 0.6 is 8.17 Å². The number of benzene rings is 4. The number of hydrogen-bond acceptors (Lipinski definition) is 4. The fourth-order valence-corrected chi connectivity index (χ4v) is 4.30. The lowest BCUT2D eigenvalue weighted by Crippen LogP contribution is -2.05. The van der Waals surface area contributed by atoms with Gasteiger partial charge in [0.1, 0.15) is 0 Å². The zero-order valence-corrected chi connectivity index (χ0v) is 14.0. The average molecular weight is 349 g/mol. The standard InChI is InChI=1S/C20H14O4P/c21-25(22)23-17-11-9-13-5-1-3-7-15(13)19(17)20-16-8-4-2-6-14(16)10-12-18(20)24-25/h1-12,21-22H/q+1. The van der Waals surface area contributed by atoms with Crippen LogP contribution in [0.15, 0.2) is 72.8 Å². The maximum Gasteiger partial charge on any atom is 0.663 e. The molecule has 1 aliphatic rings. The Bertz CT molecular complexity index is 1050. The number of rotatable bonds is 0. The normalized spacial score (nSPS) is 15.0. The second-order valence-electron chi connectivity index (χ2n) is 5.99. The molecule has 0 amide bonds. The summed E-state index contributed by atoms with van der Waals surface area (Å²) in [6.45, 7) is 0. The third-order valence-corrected chi connectivity index (χ3v) is 5.34. The van der Waals surface area contributed by atoms with Crippen LogP contribution in [-0.4, -0.2) is 9.79 Å². The second kappa shape index (κ2) is 5.17. The fourth-order valence-electron chi connectivity index (χ4n) is 3.45. The highest BCUT2D eigenvalue weighted by Crippen LogP contribution is 2.60. The lowest BCUT2D eigenvalue weighted by atomic mass is 9.92. The van der Waals surface area contributed by atoms with Gasteiger partial charge in [-0.1, -0.05) is 60.7 Å². The van der Waals surface area contributed by atoms with Crippen LogP contribution in [0.5, 0.6) is 11.5 Å². The van der Waals surface area contributed by atoms with Gasteiger partial charge in [-0.2, -0.15) is 9.79 Å². The Morgan fingerprint density at radius 1 is 0.560 bits per heavy atom. The molecule has 0 atom stereocenters. The summed E-state index contributed by atoms with van der Waals surface area (Å²) in [6.07, 6.45) is 0. The summed E-state index contributed by atoms with van der Waals surface area (Å²) in [6, 6.07) is 23.3. The predicted octanol–water partition coefficient (Wildman–Crippen LogP) is 5.09. The van der Waals surface area contributed by atoms with Crippen molar-refractivity contribution in [1.29, 1.82) is 0 Å². The third-order valence-electron chi connectivity index (χ3n) is 4.47. The molecule has 1 heterocycles. The Labute approximate surface area is 144 Å². The molecule has 5 rings (SSSR count). The minimum absolute atomic E-state index is 0.409. The molecule has 0 bridgehead atoms. The van der Waals surface area contributed by atoms with Gasteiger partial charge in [-0.25, -0.2) is 0 Å². The molecule has 0 saturated carbocycles. The minimum Gasteiger partial charge on any atom is -0.254 e. The van der Waals surface area contributed by atoms with Gasteiger partial charge in [-0.3, -0.25) is 9.05 Å². The zero-order chi connectivity index (χ0) is 17.0. The molecule has 0 radical (unpaired) electrons. The topological polar surface area (TPSA) is 58.9 Å². The molecule has 5 heteroatoms. The fraction of sp³-hybridized carbons (Fsp3) is 0. The number of fused-ring (bicyclic) bond motifs is 7. The predicted molar refractivity (Wildman–Crippen MR) is 99.5 cm³/mol. The van der Waals surface area contributed by atoms with E-state index in [0.29, 0.717) is 11.5 Å². The molecule has 4 aromatic carbocycles. The summed E-state index contributed by atoms with van der Waals surface area (Å²) in [4.78, 5) is 20.4. The van der Waals surface area contributed by atoms with Gasteiger partial charge in [-0.05, 0) is 33.7 Å². The molecular weight excluding hydrogens is 335 g/mol. The quantitative estimate of drug-likeness (QED) is 0.434. The Kier molecular flexibility index (Phi) is 3.03. The third kappa shape index (κ3) is 2.27. The minimum atomic E-state index is -4.00. The maximum atomic E-state index is 10.2. The first-order valence-corrected chi connectivity index (χ1v) is 9.43. The van der Waals surface area contributed by atoms with Gasteiger partial charge in [0, 0.05) is 11.1 Å². The first-order chi connectivity index (χ1) is 12.1. The summed E-state index contributed by atoms with van der Waals surface area (Å²) in [5.74, 6) is 0.819. The van der Waals surface area contributed by atoms with E-state index >= 15 is 0 Å². The van der Waals surface area contributed by atoms with Crippen LogP contribution in [0, 0.1) is 0 Å². The van der Waals surface area contributed by atoms with Gasteiger partial charge in [0.25, 0.3) is 0 Å². The van der Waals surface area contributed by atoms with Crippen molar-refractivity contribution in [3.63, 3.8) is 0 Å². The first kappa shape index (κ1) is 14.7. The van der Waals surface area contributed by atoms with Crippen molar-refractivity contribution in [3.8, 4) is 22.6 Å². The van der Waals surface area contributed by atoms with Crippen LogP contribution in [0.4, 0.5) is 0 Å². The van der Waals surface area contributed by atoms with Gasteiger partial charge in [0.2, 0.25) is 0 Å². The van der Waals surface area contributed by atoms with Crippen molar-refractivity contribution in [1.82, 2.24) is 0 Å². The van der Waals surface area contributed by atoms with E-state index in [1.807, 2.05) is 60.7 Å². The smallest absolute Gasteiger partial charge is 0.254 e. The first-order valence-electron chi connectivity index (χ1n) is 7.90. The second-order valence-corrected chi connectivity index (χ2v) is 7.34. The Hall–Kier alpha value is -2.65. The van der Waals surface area contributed by atoms with E-state index in [2.05, 4.69) is 0 Å². The SMILES string of the molecule is O[P+]1(O)Oc2ccc3ccccc3c2-c2c(ccc3ccccc23)O1. The van der Waals surface area contributed by atoms with E-state index < -0.39 is 8.17 Å². The summed E-state index contributed by atoms with van der Waals surface area (Å²) >= 11 is 0. The number of hydrogen-bond donors (Lipinski definition) is 2. The van der Waals surface area contributed by atoms with Crippen LogP contribution in [-0.2, 0) is 0 Å². The van der Waals surface area contributed by atoms with Crippen molar-refractivity contribution < 1.29 is 18.8 Å². The van der Waals surface area contributed by atoms with E-state index in [1.54, 1.807) is 12.1 Å². The molecule has 2 N–H and O–H groups in total. The van der Waals surface area contributed by atoms with Crippen molar-refractivity contribution >= 4 is 29.7 Å². The molecule has 25 heavy (non-hydrogen) atoms.